The van der Waals surface area contributed by atoms with Gasteiger partial charge < -0.3 is 23.8 Å². The molecule has 0 N–H and O–H groups in total. The highest BCUT2D eigenvalue weighted by molar-refractivity contribution is 9.09. The van der Waals surface area contributed by atoms with Crippen LogP contribution in [0.5, 0.6) is 0 Å². The molecule has 2 unspecified atom stereocenters. The van der Waals surface area contributed by atoms with Crippen molar-refractivity contribution < 1.29 is 23.7 Å². The average Bonchev–Trinajstić information content (AvgIpc) is 2.70. The van der Waals surface area contributed by atoms with Gasteiger partial charge in [-0.1, -0.05) is 15.9 Å². The summed E-state index contributed by atoms with van der Waals surface area (Å²) in [5, 5.41) is 0. The molecule has 0 spiro atoms. The molecule has 6 nitrogen and oxygen atoms in total. The fourth-order valence-electron chi connectivity index (χ4n) is 2.08. The van der Waals surface area contributed by atoms with Crippen LogP contribution in [-0.2, 0) is 18.9 Å². The highest BCUT2D eigenvalue weighted by Gasteiger charge is 2.37. The fraction of sp³-hybridized carbons (Fsp3) is 0.929. The first-order chi connectivity index (χ1) is 9.76. The quantitative estimate of drug-likeness (QED) is 0.672. The molecule has 0 saturated carbocycles. The van der Waals surface area contributed by atoms with Crippen molar-refractivity contribution in [1.82, 2.24) is 4.90 Å². The third kappa shape index (κ3) is 6.50. The molecule has 2 atom stereocenters. The molecule has 1 rings (SSSR count). The number of carbonyl (C=O) groups excluding carboxylic acids is 1. The summed E-state index contributed by atoms with van der Waals surface area (Å²) in [7, 11) is 3.25. The molecule has 1 saturated heterocycles. The zero-order valence-corrected chi connectivity index (χ0v) is 15.0. The summed E-state index contributed by atoms with van der Waals surface area (Å²) in [6.45, 7) is 7.53. The van der Waals surface area contributed by atoms with E-state index >= 15 is 0 Å². The molecular weight excluding hydrogens is 342 g/mol. The Labute approximate surface area is 135 Å². The second kappa shape index (κ2) is 8.31. The van der Waals surface area contributed by atoms with Crippen LogP contribution in [0, 0.1) is 0 Å². The lowest BCUT2D eigenvalue weighted by atomic mass is 10.2. The number of alkyl halides is 1. The van der Waals surface area contributed by atoms with Gasteiger partial charge >= 0.3 is 6.09 Å². The van der Waals surface area contributed by atoms with Gasteiger partial charge in [0.05, 0.1) is 30.7 Å². The Morgan fingerprint density at radius 1 is 1.24 bits per heavy atom. The van der Waals surface area contributed by atoms with E-state index in [-0.39, 0.29) is 23.1 Å². The Bertz CT molecular complexity index is 328. The lowest BCUT2D eigenvalue weighted by Gasteiger charge is -2.25. The zero-order chi connectivity index (χ0) is 16.0. The number of rotatable bonds is 6. The molecular formula is C14H26BrNO5. The minimum Gasteiger partial charge on any atom is -0.444 e. The summed E-state index contributed by atoms with van der Waals surface area (Å²) in [5.41, 5.74) is -0.494. The molecule has 7 heteroatoms. The molecule has 124 valence electrons. The third-order valence-electron chi connectivity index (χ3n) is 2.92. The molecule has 0 radical (unpaired) electrons. The summed E-state index contributed by atoms with van der Waals surface area (Å²) in [4.78, 5) is 13.8. The summed E-state index contributed by atoms with van der Waals surface area (Å²) in [5.74, 6) is 0. The highest BCUT2D eigenvalue weighted by atomic mass is 79.9. The topological polar surface area (TPSA) is 57.2 Å². The van der Waals surface area contributed by atoms with Crippen LogP contribution in [0.3, 0.4) is 0 Å². The number of halogens is 1. The molecule has 0 aliphatic carbocycles. The van der Waals surface area contributed by atoms with Gasteiger partial charge in [-0.05, 0) is 20.8 Å². The summed E-state index contributed by atoms with van der Waals surface area (Å²) >= 11 is 3.57. The largest absolute Gasteiger partial charge is 0.444 e. The van der Waals surface area contributed by atoms with Gasteiger partial charge in [0.2, 0.25) is 0 Å². The molecule has 0 aromatic heterocycles. The van der Waals surface area contributed by atoms with Crippen molar-refractivity contribution in [3.05, 3.63) is 0 Å². The van der Waals surface area contributed by atoms with Crippen molar-refractivity contribution in [1.29, 1.82) is 0 Å². The van der Waals surface area contributed by atoms with Crippen LogP contribution >= 0.6 is 15.9 Å². The van der Waals surface area contributed by atoms with E-state index in [1.54, 1.807) is 19.1 Å². The number of likely N-dealkylation sites (tertiary alicyclic amines) is 1. The first kappa shape index (κ1) is 18.7. The van der Waals surface area contributed by atoms with Gasteiger partial charge in [0, 0.05) is 20.8 Å². The van der Waals surface area contributed by atoms with Crippen molar-refractivity contribution in [2.45, 2.75) is 43.4 Å². The van der Waals surface area contributed by atoms with E-state index in [1.165, 1.54) is 0 Å². The van der Waals surface area contributed by atoms with E-state index in [9.17, 15) is 4.79 Å². The Kier molecular flexibility index (Phi) is 7.39. The number of carbonyl (C=O) groups is 1. The molecule has 21 heavy (non-hydrogen) atoms. The monoisotopic (exact) mass is 367 g/mol. The van der Waals surface area contributed by atoms with E-state index in [0.717, 1.165) is 0 Å². The zero-order valence-electron chi connectivity index (χ0n) is 13.4. The average molecular weight is 368 g/mol. The fourth-order valence-corrected chi connectivity index (χ4v) is 2.73. The van der Waals surface area contributed by atoms with Gasteiger partial charge in [-0.3, -0.25) is 0 Å². The smallest absolute Gasteiger partial charge is 0.410 e. The van der Waals surface area contributed by atoms with Gasteiger partial charge in [-0.2, -0.15) is 0 Å². The van der Waals surface area contributed by atoms with Crippen LogP contribution in [0.25, 0.3) is 0 Å². The molecule has 1 aliphatic heterocycles. The maximum absolute atomic E-state index is 12.1. The Morgan fingerprint density at radius 3 is 2.29 bits per heavy atom. The van der Waals surface area contributed by atoms with Crippen molar-refractivity contribution in [2.75, 3.05) is 40.5 Å². The van der Waals surface area contributed by atoms with Gasteiger partial charge in [0.15, 0.2) is 0 Å². The second-order valence-electron chi connectivity index (χ2n) is 6.11. The third-order valence-corrected chi connectivity index (χ3v) is 3.80. The van der Waals surface area contributed by atoms with Crippen molar-refractivity contribution in [2.24, 2.45) is 0 Å². The Balaban J connectivity index is 2.53. The number of ether oxygens (including phenoxy) is 4. The number of amides is 1. The molecule has 0 bridgehead atoms. The normalized spacial score (nSPS) is 22.9. The van der Waals surface area contributed by atoms with Crippen molar-refractivity contribution in [3.63, 3.8) is 0 Å². The maximum atomic E-state index is 12.1. The summed E-state index contributed by atoms with van der Waals surface area (Å²) < 4.78 is 21.6. The minimum absolute atomic E-state index is 0.0706. The second-order valence-corrected chi connectivity index (χ2v) is 7.28. The number of methoxy groups -OCH3 is 2. The number of hydrogen-bond donors (Lipinski definition) is 0. The standard InChI is InChI=1S/C14H26BrNO5/c1-14(2,3)21-13(17)16-6-11(15)12(7-16)20-10(8-18-4)9-19-5/h10-12H,6-9H2,1-5H3. The van der Waals surface area contributed by atoms with Crippen molar-refractivity contribution in [3.8, 4) is 0 Å². The molecule has 1 aliphatic rings. The molecule has 1 heterocycles. The van der Waals surface area contributed by atoms with E-state index < -0.39 is 5.60 Å². The predicted molar refractivity (Wildman–Crippen MR) is 82.9 cm³/mol. The molecule has 1 amide bonds. The van der Waals surface area contributed by atoms with E-state index in [0.29, 0.717) is 26.3 Å². The SMILES string of the molecule is COCC(COC)OC1CN(C(=O)OC(C)(C)C)CC1Br. The lowest BCUT2D eigenvalue weighted by Crippen LogP contribution is -2.37. The van der Waals surface area contributed by atoms with Crippen LogP contribution in [0.4, 0.5) is 4.79 Å². The Hall–Kier alpha value is -0.370. The Morgan fingerprint density at radius 2 is 1.81 bits per heavy atom. The van der Waals surface area contributed by atoms with Crippen LogP contribution in [0.15, 0.2) is 0 Å². The van der Waals surface area contributed by atoms with Gasteiger partial charge in [0.1, 0.15) is 11.7 Å². The maximum Gasteiger partial charge on any atom is 0.410 e. The predicted octanol–water partition coefficient (Wildman–Crippen LogP) is 2.05. The summed E-state index contributed by atoms with van der Waals surface area (Å²) in [6, 6.07) is 0. The van der Waals surface area contributed by atoms with E-state index in [2.05, 4.69) is 15.9 Å². The van der Waals surface area contributed by atoms with Gasteiger partial charge in [-0.15, -0.1) is 0 Å². The van der Waals surface area contributed by atoms with Crippen LogP contribution in [0.2, 0.25) is 0 Å². The number of nitrogens with zero attached hydrogens (tertiary/aromatic N) is 1. The lowest BCUT2D eigenvalue weighted by molar-refractivity contribution is -0.0724. The summed E-state index contributed by atoms with van der Waals surface area (Å²) in [6.07, 6.45) is -0.565. The first-order valence-corrected chi connectivity index (χ1v) is 7.93. The molecule has 0 aromatic rings. The highest BCUT2D eigenvalue weighted by Crippen LogP contribution is 2.23. The van der Waals surface area contributed by atoms with Gasteiger partial charge in [0.25, 0.3) is 0 Å². The van der Waals surface area contributed by atoms with Crippen LogP contribution in [-0.4, -0.2) is 74.2 Å². The van der Waals surface area contributed by atoms with Gasteiger partial charge in [-0.25, -0.2) is 4.79 Å². The minimum atomic E-state index is -0.494. The van der Waals surface area contributed by atoms with Crippen LogP contribution in [0.1, 0.15) is 20.8 Å². The first-order valence-electron chi connectivity index (χ1n) is 7.02. The van der Waals surface area contributed by atoms with Crippen LogP contribution < -0.4 is 0 Å². The number of hydrogen-bond acceptors (Lipinski definition) is 5. The van der Waals surface area contributed by atoms with Crippen molar-refractivity contribution >= 4 is 22.0 Å². The van der Waals surface area contributed by atoms with E-state index in [1.807, 2.05) is 20.8 Å². The van der Waals surface area contributed by atoms with E-state index in [4.69, 9.17) is 18.9 Å². The molecule has 1 fully saturated rings. The molecule has 0 aromatic carbocycles.